The van der Waals surface area contributed by atoms with Crippen LogP contribution in [0.1, 0.15) is 30.5 Å². The molecule has 0 fully saturated rings. The van der Waals surface area contributed by atoms with Crippen molar-refractivity contribution in [2.24, 2.45) is 0 Å². The summed E-state index contributed by atoms with van der Waals surface area (Å²) in [7, 11) is -3.84. The van der Waals surface area contributed by atoms with Gasteiger partial charge in [0.25, 0.3) is 10.0 Å². The fraction of sp³-hybridized carbons (Fsp3) is 0.185. The highest BCUT2D eigenvalue weighted by molar-refractivity contribution is 14.1. The Balaban J connectivity index is 2.05. The third kappa shape index (κ3) is 4.66. The molecular formula is C27H25I2NO2S. The number of nitrogens with zero attached hydrogens (tertiary/aromatic N) is 1. The molecule has 4 aromatic rings. The second-order valence-electron chi connectivity index (χ2n) is 8.01. The minimum absolute atomic E-state index is 0.286. The van der Waals surface area contributed by atoms with E-state index in [4.69, 9.17) is 0 Å². The van der Waals surface area contributed by atoms with Gasteiger partial charge in [-0.15, -0.1) is 0 Å². The van der Waals surface area contributed by atoms with E-state index in [1.54, 1.807) is 16.1 Å². The van der Waals surface area contributed by atoms with Crippen molar-refractivity contribution in [2.75, 3.05) is 0 Å². The van der Waals surface area contributed by atoms with Gasteiger partial charge in [-0.25, -0.2) is 12.4 Å². The Kier molecular flexibility index (Phi) is 7.35. The minimum atomic E-state index is -3.84. The molecule has 0 saturated carbocycles. The van der Waals surface area contributed by atoms with Crippen LogP contribution in [0.2, 0.25) is 0 Å². The van der Waals surface area contributed by atoms with E-state index in [0.717, 1.165) is 36.7 Å². The Hall–Kier alpha value is -1.65. The largest absolute Gasteiger partial charge is 0.268 e. The molecule has 4 rings (SSSR count). The molecule has 1 aromatic heterocycles. The molecule has 3 nitrogen and oxygen atoms in total. The highest BCUT2D eigenvalue weighted by Crippen LogP contribution is 2.41. The maximum atomic E-state index is 14.1. The average molecular weight is 681 g/mol. The summed E-state index contributed by atoms with van der Waals surface area (Å²) >= 11 is 4.57. The number of rotatable bonds is 6. The SMILES string of the molecule is CCc1ccc(-c2c(I)c(I)c(-c3ccc(CC)cc3)n2S(=O)(=O)c2ccc(C)cc2)cc1. The molecule has 170 valence electrons. The van der Waals surface area contributed by atoms with E-state index in [2.05, 4.69) is 83.3 Å². The molecule has 0 radical (unpaired) electrons. The van der Waals surface area contributed by atoms with Gasteiger partial charge in [-0.1, -0.05) is 80.1 Å². The molecule has 0 aliphatic carbocycles. The van der Waals surface area contributed by atoms with Gasteiger partial charge >= 0.3 is 0 Å². The van der Waals surface area contributed by atoms with Crippen molar-refractivity contribution in [1.82, 2.24) is 3.97 Å². The van der Waals surface area contributed by atoms with E-state index in [0.29, 0.717) is 11.4 Å². The Morgan fingerprint density at radius 3 is 1.42 bits per heavy atom. The molecule has 0 saturated heterocycles. The highest BCUT2D eigenvalue weighted by Gasteiger charge is 2.30. The fourth-order valence-corrected chi connectivity index (χ4v) is 7.35. The second-order valence-corrected chi connectivity index (χ2v) is 12.0. The van der Waals surface area contributed by atoms with Gasteiger partial charge < -0.3 is 0 Å². The van der Waals surface area contributed by atoms with Gasteiger partial charge in [-0.2, -0.15) is 0 Å². The van der Waals surface area contributed by atoms with E-state index in [1.165, 1.54) is 11.1 Å². The van der Waals surface area contributed by atoms with E-state index < -0.39 is 10.0 Å². The highest BCUT2D eigenvalue weighted by atomic mass is 127. The van der Waals surface area contributed by atoms with Crippen molar-refractivity contribution in [3.05, 3.63) is 96.6 Å². The van der Waals surface area contributed by atoms with Gasteiger partial charge in [0.1, 0.15) is 0 Å². The average Bonchev–Trinajstić information content (AvgIpc) is 3.10. The molecule has 6 heteroatoms. The number of hydrogen-bond acceptors (Lipinski definition) is 2. The lowest BCUT2D eigenvalue weighted by Crippen LogP contribution is -2.16. The van der Waals surface area contributed by atoms with Crippen LogP contribution in [-0.2, 0) is 22.9 Å². The Morgan fingerprint density at radius 2 is 1.06 bits per heavy atom. The summed E-state index contributed by atoms with van der Waals surface area (Å²) in [4.78, 5) is 0.286. The zero-order valence-electron chi connectivity index (χ0n) is 18.8. The number of benzene rings is 3. The molecule has 0 aliphatic rings. The van der Waals surface area contributed by atoms with Crippen molar-refractivity contribution in [3.8, 4) is 22.5 Å². The molecule has 3 aromatic carbocycles. The lowest BCUT2D eigenvalue weighted by molar-refractivity contribution is 0.588. The molecule has 0 atom stereocenters. The molecule has 1 heterocycles. The van der Waals surface area contributed by atoms with E-state index in [1.807, 2.05) is 43.3 Å². The third-order valence-corrected chi connectivity index (χ3v) is 10.7. The van der Waals surface area contributed by atoms with Crippen LogP contribution in [-0.4, -0.2) is 12.4 Å². The predicted molar refractivity (Wildman–Crippen MR) is 153 cm³/mol. The van der Waals surface area contributed by atoms with Gasteiger partial charge in [0.15, 0.2) is 0 Å². The predicted octanol–water partition coefficient (Wildman–Crippen LogP) is 7.70. The van der Waals surface area contributed by atoms with Crippen molar-refractivity contribution < 1.29 is 8.42 Å². The van der Waals surface area contributed by atoms with Crippen LogP contribution in [0.25, 0.3) is 22.5 Å². The quantitative estimate of drug-likeness (QED) is 0.196. The topological polar surface area (TPSA) is 39.1 Å². The first kappa shape index (κ1) is 24.5. The fourth-order valence-electron chi connectivity index (χ4n) is 3.84. The van der Waals surface area contributed by atoms with Gasteiger partial charge in [0.2, 0.25) is 0 Å². The van der Waals surface area contributed by atoms with Crippen LogP contribution in [0.15, 0.2) is 77.7 Å². The van der Waals surface area contributed by atoms with Crippen LogP contribution >= 0.6 is 45.2 Å². The Bertz CT molecular complexity index is 1320. The molecule has 0 unspecified atom stereocenters. The van der Waals surface area contributed by atoms with Crippen LogP contribution in [0, 0.1) is 14.1 Å². The van der Waals surface area contributed by atoms with E-state index >= 15 is 0 Å². The zero-order chi connectivity index (χ0) is 23.8. The summed E-state index contributed by atoms with van der Waals surface area (Å²) in [5.74, 6) is 0. The second kappa shape index (κ2) is 9.92. The third-order valence-electron chi connectivity index (χ3n) is 5.85. The zero-order valence-corrected chi connectivity index (χ0v) is 23.9. The maximum Gasteiger partial charge on any atom is 0.268 e. The normalized spacial score (nSPS) is 11.7. The first-order chi connectivity index (χ1) is 15.8. The summed E-state index contributed by atoms with van der Waals surface area (Å²) in [5, 5.41) is 0. The van der Waals surface area contributed by atoms with E-state index in [-0.39, 0.29) is 4.90 Å². The summed E-state index contributed by atoms with van der Waals surface area (Å²) in [5.41, 5.74) is 6.66. The number of aryl methyl sites for hydroxylation is 3. The van der Waals surface area contributed by atoms with Crippen LogP contribution < -0.4 is 0 Å². The van der Waals surface area contributed by atoms with Crippen molar-refractivity contribution in [2.45, 2.75) is 38.5 Å². The monoisotopic (exact) mass is 681 g/mol. The van der Waals surface area contributed by atoms with Crippen molar-refractivity contribution >= 4 is 55.2 Å². The minimum Gasteiger partial charge on any atom is -0.231 e. The summed E-state index contributed by atoms with van der Waals surface area (Å²) in [6.45, 7) is 6.19. The number of halogens is 2. The molecule has 33 heavy (non-hydrogen) atoms. The Labute approximate surface area is 223 Å². The standard InChI is InChI=1S/C27H25I2NO2S/c1-4-19-8-12-21(13-9-19)26-24(28)25(29)27(22-14-10-20(5-2)11-15-22)30(26)33(31,32)23-16-6-18(3)7-17-23/h6-17H,4-5H2,1-3H3. The number of hydrogen-bond donors (Lipinski definition) is 0. The summed E-state index contributed by atoms with van der Waals surface area (Å²) in [6, 6.07) is 23.5. The number of aromatic nitrogens is 1. The van der Waals surface area contributed by atoms with Crippen molar-refractivity contribution in [3.63, 3.8) is 0 Å². The first-order valence-electron chi connectivity index (χ1n) is 10.9. The summed E-state index contributed by atoms with van der Waals surface area (Å²) in [6.07, 6.45) is 1.87. The van der Waals surface area contributed by atoms with Gasteiger partial charge in [-0.3, -0.25) is 0 Å². The molecule has 0 spiro atoms. The molecule has 0 N–H and O–H groups in total. The molecular weight excluding hydrogens is 656 g/mol. The van der Waals surface area contributed by atoms with E-state index in [9.17, 15) is 8.42 Å². The Morgan fingerprint density at radius 1 is 0.667 bits per heavy atom. The maximum absolute atomic E-state index is 14.1. The van der Waals surface area contributed by atoms with Gasteiger partial charge in [0.05, 0.1) is 23.4 Å². The van der Waals surface area contributed by atoms with Crippen LogP contribution in [0.4, 0.5) is 0 Å². The lowest BCUT2D eigenvalue weighted by Gasteiger charge is -2.16. The van der Waals surface area contributed by atoms with Crippen molar-refractivity contribution in [1.29, 1.82) is 0 Å². The summed E-state index contributed by atoms with van der Waals surface area (Å²) < 4.78 is 31.6. The van der Waals surface area contributed by atoms with Crippen LogP contribution in [0.3, 0.4) is 0 Å². The first-order valence-corrected chi connectivity index (χ1v) is 14.5. The van der Waals surface area contributed by atoms with Gasteiger partial charge in [-0.05, 0) is 88.2 Å². The molecule has 0 amide bonds. The van der Waals surface area contributed by atoms with Gasteiger partial charge in [0, 0.05) is 11.1 Å². The smallest absolute Gasteiger partial charge is 0.231 e. The lowest BCUT2D eigenvalue weighted by atomic mass is 10.1. The molecule has 0 bridgehead atoms. The van der Waals surface area contributed by atoms with Crippen LogP contribution in [0.5, 0.6) is 0 Å². The molecule has 0 aliphatic heterocycles.